The molecule has 0 radical (unpaired) electrons. The normalized spacial score (nSPS) is 10.6. The lowest BCUT2D eigenvalue weighted by Gasteiger charge is -2.08. The van der Waals surface area contributed by atoms with Gasteiger partial charge in [-0.05, 0) is 6.07 Å². The Balaban J connectivity index is 2.73. The van der Waals surface area contributed by atoms with Gasteiger partial charge in [0.05, 0.1) is 20.1 Å². The Bertz CT molecular complexity index is 636. The Morgan fingerprint density at radius 2 is 1.59 bits per heavy atom. The van der Waals surface area contributed by atoms with E-state index >= 15 is 0 Å². The van der Waals surface area contributed by atoms with Gasteiger partial charge in [0.1, 0.15) is 0 Å². The summed E-state index contributed by atoms with van der Waals surface area (Å²) in [6.45, 7) is 0. The number of H-pyrrole nitrogens is 1. The molecule has 88 valence electrons. The van der Waals surface area contributed by atoms with Crippen LogP contribution >= 0.6 is 46.4 Å². The standard InChI is InChI=1S/C11H5Cl4NO/c12-7-2-1-5(10(14)11(7)15)6-3-9(17)16-4-8(6)13/h1-4H,(H,16,17). The third-order valence-corrected chi connectivity index (χ3v) is 3.81. The molecule has 2 aromatic rings. The molecule has 0 amide bonds. The van der Waals surface area contributed by atoms with Crippen molar-refractivity contribution in [2.24, 2.45) is 0 Å². The number of rotatable bonds is 1. The highest BCUT2D eigenvalue weighted by atomic mass is 35.5. The van der Waals surface area contributed by atoms with Crippen LogP contribution in [0.1, 0.15) is 0 Å². The minimum atomic E-state index is -0.272. The Labute approximate surface area is 117 Å². The van der Waals surface area contributed by atoms with E-state index in [0.29, 0.717) is 21.2 Å². The van der Waals surface area contributed by atoms with Crippen LogP contribution in [0.5, 0.6) is 0 Å². The van der Waals surface area contributed by atoms with E-state index < -0.39 is 0 Å². The van der Waals surface area contributed by atoms with Crippen LogP contribution in [0.3, 0.4) is 0 Å². The zero-order valence-electron chi connectivity index (χ0n) is 8.23. The van der Waals surface area contributed by atoms with Crippen LogP contribution in [0.2, 0.25) is 20.1 Å². The number of halogens is 4. The topological polar surface area (TPSA) is 32.9 Å². The number of nitrogens with one attached hydrogen (secondary N) is 1. The summed E-state index contributed by atoms with van der Waals surface area (Å²) in [6, 6.07) is 4.62. The first-order valence-electron chi connectivity index (χ1n) is 4.53. The summed E-state index contributed by atoms with van der Waals surface area (Å²) in [5.74, 6) is 0. The van der Waals surface area contributed by atoms with Gasteiger partial charge in [-0.2, -0.15) is 0 Å². The van der Waals surface area contributed by atoms with Crippen molar-refractivity contribution in [3.8, 4) is 11.1 Å². The number of hydrogen-bond acceptors (Lipinski definition) is 1. The lowest BCUT2D eigenvalue weighted by molar-refractivity contribution is 1.24. The van der Waals surface area contributed by atoms with Crippen LogP contribution in [0.25, 0.3) is 11.1 Å². The maximum Gasteiger partial charge on any atom is 0.248 e. The van der Waals surface area contributed by atoms with Crippen molar-refractivity contribution >= 4 is 46.4 Å². The van der Waals surface area contributed by atoms with Crippen LogP contribution < -0.4 is 5.56 Å². The number of pyridine rings is 1. The minimum absolute atomic E-state index is 0.238. The fourth-order valence-corrected chi connectivity index (χ4v) is 2.24. The molecule has 0 unspecified atom stereocenters. The highest BCUT2D eigenvalue weighted by Crippen LogP contribution is 2.39. The molecule has 0 bridgehead atoms. The van der Waals surface area contributed by atoms with Gasteiger partial charge in [0.2, 0.25) is 5.56 Å². The average Bonchev–Trinajstić information content (AvgIpc) is 2.30. The third kappa shape index (κ3) is 2.45. The first-order chi connectivity index (χ1) is 8.00. The predicted molar refractivity (Wildman–Crippen MR) is 72.5 cm³/mol. The number of benzene rings is 1. The largest absolute Gasteiger partial charge is 0.328 e. The lowest BCUT2D eigenvalue weighted by Crippen LogP contribution is -2.03. The molecule has 0 spiro atoms. The molecule has 0 saturated carbocycles. The van der Waals surface area contributed by atoms with Gasteiger partial charge in [0.25, 0.3) is 0 Å². The smallest absolute Gasteiger partial charge is 0.248 e. The Hall–Kier alpha value is -0.670. The maximum atomic E-state index is 11.3. The van der Waals surface area contributed by atoms with Crippen LogP contribution in [-0.2, 0) is 0 Å². The predicted octanol–water partition coefficient (Wildman–Crippen LogP) is 4.66. The van der Waals surface area contributed by atoms with Crippen LogP contribution in [0.4, 0.5) is 0 Å². The van der Waals surface area contributed by atoms with Gasteiger partial charge in [-0.3, -0.25) is 4.79 Å². The molecular weight excluding hydrogens is 304 g/mol. The number of aromatic nitrogens is 1. The van der Waals surface area contributed by atoms with Crippen molar-refractivity contribution in [2.75, 3.05) is 0 Å². The van der Waals surface area contributed by atoms with Crippen molar-refractivity contribution in [3.63, 3.8) is 0 Å². The van der Waals surface area contributed by atoms with Gasteiger partial charge < -0.3 is 4.98 Å². The molecule has 0 aliphatic rings. The SMILES string of the molecule is O=c1cc(-c2ccc(Cl)c(Cl)c2Cl)c(Cl)c[nH]1. The van der Waals surface area contributed by atoms with Gasteiger partial charge in [0.15, 0.2) is 0 Å². The molecule has 0 saturated heterocycles. The zero-order valence-corrected chi connectivity index (χ0v) is 11.3. The van der Waals surface area contributed by atoms with E-state index in [2.05, 4.69) is 4.98 Å². The van der Waals surface area contributed by atoms with Crippen molar-refractivity contribution in [3.05, 3.63) is 54.8 Å². The molecule has 0 fully saturated rings. The molecule has 6 heteroatoms. The van der Waals surface area contributed by atoms with Gasteiger partial charge in [-0.1, -0.05) is 52.5 Å². The van der Waals surface area contributed by atoms with Gasteiger partial charge in [0, 0.05) is 23.4 Å². The average molecular weight is 309 g/mol. The number of aromatic amines is 1. The van der Waals surface area contributed by atoms with Crippen molar-refractivity contribution in [1.29, 1.82) is 0 Å². The van der Waals surface area contributed by atoms with Crippen LogP contribution in [0.15, 0.2) is 29.2 Å². The summed E-state index contributed by atoms with van der Waals surface area (Å²) < 4.78 is 0. The molecule has 17 heavy (non-hydrogen) atoms. The summed E-state index contributed by atoms with van der Waals surface area (Å²) in [6.07, 6.45) is 1.40. The van der Waals surface area contributed by atoms with E-state index in [0.717, 1.165) is 0 Å². The van der Waals surface area contributed by atoms with Crippen LogP contribution in [-0.4, -0.2) is 4.98 Å². The second kappa shape index (κ2) is 4.91. The molecule has 2 rings (SSSR count). The van der Waals surface area contributed by atoms with Crippen molar-refractivity contribution < 1.29 is 0 Å². The lowest BCUT2D eigenvalue weighted by atomic mass is 10.1. The Kier molecular flexibility index (Phi) is 3.69. The maximum absolute atomic E-state index is 11.3. The Morgan fingerprint density at radius 1 is 0.882 bits per heavy atom. The highest BCUT2D eigenvalue weighted by Gasteiger charge is 2.13. The molecule has 1 aromatic carbocycles. The highest BCUT2D eigenvalue weighted by molar-refractivity contribution is 6.49. The van der Waals surface area contributed by atoms with Gasteiger partial charge in [-0.15, -0.1) is 0 Å². The molecule has 0 aliphatic carbocycles. The third-order valence-electron chi connectivity index (χ3n) is 2.20. The second-order valence-corrected chi connectivity index (χ2v) is 4.85. The zero-order chi connectivity index (χ0) is 12.6. The summed E-state index contributed by atoms with van der Waals surface area (Å²) in [5, 5.41) is 1.24. The second-order valence-electron chi connectivity index (χ2n) is 3.28. The van der Waals surface area contributed by atoms with E-state index in [1.54, 1.807) is 12.1 Å². The first kappa shape index (κ1) is 12.8. The molecule has 1 aromatic heterocycles. The van der Waals surface area contributed by atoms with Crippen molar-refractivity contribution in [2.45, 2.75) is 0 Å². The van der Waals surface area contributed by atoms with Crippen molar-refractivity contribution in [1.82, 2.24) is 4.98 Å². The molecular formula is C11H5Cl4NO. The van der Waals surface area contributed by atoms with Crippen LogP contribution in [0, 0.1) is 0 Å². The Morgan fingerprint density at radius 3 is 2.29 bits per heavy atom. The fraction of sp³-hybridized carbons (Fsp3) is 0. The molecule has 0 aliphatic heterocycles. The monoisotopic (exact) mass is 307 g/mol. The quantitative estimate of drug-likeness (QED) is 0.764. The summed E-state index contributed by atoms with van der Waals surface area (Å²) in [4.78, 5) is 13.7. The van der Waals surface area contributed by atoms with E-state index in [1.165, 1.54) is 12.3 Å². The van der Waals surface area contributed by atoms with E-state index in [-0.39, 0.29) is 15.6 Å². The molecule has 1 N–H and O–H groups in total. The molecule has 0 atom stereocenters. The molecule has 2 nitrogen and oxygen atoms in total. The van der Waals surface area contributed by atoms with Gasteiger partial charge >= 0.3 is 0 Å². The van der Waals surface area contributed by atoms with Gasteiger partial charge in [-0.25, -0.2) is 0 Å². The fourth-order valence-electron chi connectivity index (χ4n) is 1.39. The summed E-state index contributed by atoms with van der Waals surface area (Å²) >= 11 is 23.8. The van der Waals surface area contributed by atoms with E-state index in [1.807, 2.05) is 0 Å². The number of hydrogen-bond donors (Lipinski definition) is 1. The summed E-state index contributed by atoms with van der Waals surface area (Å²) in [7, 11) is 0. The summed E-state index contributed by atoms with van der Waals surface area (Å²) in [5.41, 5.74) is 0.808. The van der Waals surface area contributed by atoms with E-state index in [9.17, 15) is 4.79 Å². The first-order valence-corrected chi connectivity index (χ1v) is 6.04. The molecule has 1 heterocycles. The van der Waals surface area contributed by atoms with E-state index in [4.69, 9.17) is 46.4 Å². The minimum Gasteiger partial charge on any atom is -0.328 e.